The molecule has 96 valence electrons. The Kier molecular flexibility index (Phi) is 6.14. The van der Waals surface area contributed by atoms with Crippen LogP contribution in [0.1, 0.15) is 13.8 Å². The van der Waals surface area contributed by atoms with Crippen molar-refractivity contribution in [2.75, 3.05) is 19.9 Å². The monoisotopic (exact) mass is 254 g/mol. The van der Waals surface area contributed by atoms with Crippen LogP contribution < -0.4 is 5.32 Å². The third kappa shape index (κ3) is 5.58. The number of hydroxylamine groups is 2. The van der Waals surface area contributed by atoms with E-state index in [2.05, 4.69) is 5.32 Å². The molecule has 7 nitrogen and oxygen atoms in total. The Hall–Kier alpha value is -0.460. The first-order valence-electron chi connectivity index (χ1n) is 4.85. The summed E-state index contributed by atoms with van der Waals surface area (Å²) < 4.78 is 11.0. The lowest BCUT2D eigenvalue weighted by Gasteiger charge is -2.19. The van der Waals surface area contributed by atoms with Gasteiger partial charge in [0.25, 0.3) is 0 Å². The molecular formula is C8H19N2O5P. The lowest BCUT2D eigenvalue weighted by atomic mass is 10.2. The molecule has 8 heteroatoms. The molecule has 0 fully saturated rings. The molecule has 0 bridgehead atoms. The number of hydrogen-bond donors (Lipinski definition) is 4. The number of rotatable bonds is 6. The zero-order chi connectivity index (χ0) is 12.9. The van der Waals surface area contributed by atoms with Gasteiger partial charge < -0.3 is 10.00 Å². The van der Waals surface area contributed by atoms with Crippen LogP contribution in [0.5, 0.6) is 0 Å². The van der Waals surface area contributed by atoms with Crippen LogP contribution in [0.4, 0.5) is 0 Å². The molecule has 0 aromatic carbocycles. The summed E-state index contributed by atoms with van der Waals surface area (Å²) in [6.45, 7) is 3.93. The average molecular weight is 254 g/mol. The van der Waals surface area contributed by atoms with Crippen LogP contribution in [-0.2, 0) is 9.36 Å². The van der Waals surface area contributed by atoms with Crippen molar-refractivity contribution in [1.82, 2.24) is 10.4 Å². The third-order valence-electron chi connectivity index (χ3n) is 1.89. The maximum atomic E-state index is 11.2. The fourth-order valence-electron chi connectivity index (χ4n) is 0.845. The van der Waals surface area contributed by atoms with Gasteiger partial charge in [0, 0.05) is 19.1 Å². The Morgan fingerprint density at radius 1 is 1.50 bits per heavy atom. The molecule has 0 aliphatic carbocycles. The van der Waals surface area contributed by atoms with E-state index in [0.717, 1.165) is 6.66 Å². The highest BCUT2D eigenvalue weighted by Gasteiger charge is 2.23. The second-order valence-electron chi connectivity index (χ2n) is 3.93. The molecular weight excluding hydrogens is 235 g/mol. The van der Waals surface area contributed by atoms with E-state index >= 15 is 0 Å². The highest BCUT2D eigenvalue weighted by Crippen LogP contribution is 2.39. The molecule has 0 aromatic heterocycles. The van der Waals surface area contributed by atoms with Crippen molar-refractivity contribution in [2.24, 2.45) is 5.92 Å². The van der Waals surface area contributed by atoms with Crippen LogP contribution in [0.15, 0.2) is 0 Å². The van der Waals surface area contributed by atoms with Gasteiger partial charge in [0.2, 0.25) is 13.3 Å². The molecule has 0 heterocycles. The van der Waals surface area contributed by atoms with Crippen molar-refractivity contribution in [2.45, 2.75) is 19.7 Å². The van der Waals surface area contributed by atoms with Crippen molar-refractivity contribution in [3.8, 4) is 0 Å². The van der Waals surface area contributed by atoms with E-state index in [4.69, 9.17) is 4.89 Å². The highest BCUT2D eigenvalue weighted by molar-refractivity contribution is 7.57. The largest absolute Gasteiger partial charge is 0.382 e. The zero-order valence-electron chi connectivity index (χ0n) is 9.62. The van der Waals surface area contributed by atoms with E-state index in [-0.39, 0.29) is 19.1 Å². The van der Waals surface area contributed by atoms with Gasteiger partial charge in [0.1, 0.15) is 5.85 Å². The van der Waals surface area contributed by atoms with Crippen molar-refractivity contribution in [1.29, 1.82) is 0 Å². The van der Waals surface area contributed by atoms with Gasteiger partial charge in [-0.1, -0.05) is 13.8 Å². The Labute approximate surface area is 94.5 Å². The molecule has 0 aromatic rings. The lowest BCUT2D eigenvalue weighted by molar-refractivity contribution is -0.170. The summed E-state index contributed by atoms with van der Waals surface area (Å²) in [5.41, 5.74) is 0. The minimum absolute atomic E-state index is 0.174. The van der Waals surface area contributed by atoms with Gasteiger partial charge in [-0.05, 0) is 0 Å². The van der Waals surface area contributed by atoms with Gasteiger partial charge >= 0.3 is 0 Å². The van der Waals surface area contributed by atoms with Crippen LogP contribution in [0, 0.1) is 5.92 Å². The highest BCUT2D eigenvalue weighted by atomic mass is 31.2. The van der Waals surface area contributed by atoms with Crippen molar-refractivity contribution < 1.29 is 24.6 Å². The third-order valence-corrected chi connectivity index (χ3v) is 3.18. The number of amides is 1. The van der Waals surface area contributed by atoms with E-state index in [0.29, 0.717) is 5.06 Å². The quantitative estimate of drug-likeness (QED) is 0.223. The lowest BCUT2D eigenvalue weighted by Crippen LogP contribution is -2.41. The first kappa shape index (κ1) is 15.5. The summed E-state index contributed by atoms with van der Waals surface area (Å²) in [6, 6.07) is 0. The minimum atomic E-state index is -3.55. The van der Waals surface area contributed by atoms with E-state index in [9.17, 15) is 19.7 Å². The second kappa shape index (κ2) is 6.32. The van der Waals surface area contributed by atoms with Crippen LogP contribution in [0.2, 0.25) is 0 Å². The maximum absolute atomic E-state index is 11.2. The van der Waals surface area contributed by atoms with Crippen molar-refractivity contribution >= 4 is 13.3 Å². The molecule has 0 spiro atoms. The summed E-state index contributed by atoms with van der Waals surface area (Å²) in [4.78, 5) is 20.2. The Morgan fingerprint density at radius 3 is 2.38 bits per heavy atom. The molecule has 4 N–H and O–H groups in total. The zero-order valence-corrected chi connectivity index (χ0v) is 10.5. The summed E-state index contributed by atoms with van der Waals surface area (Å²) in [6.07, 6.45) is 0. The first-order valence-corrected chi connectivity index (χ1v) is 7.02. The number of carbonyl (C=O) groups is 1. The smallest absolute Gasteiger partial charge is 0.249 e. The topological polar surface area (TPSA) is 110 Å². The van der Waals surface area contributed by atoms with Crippen LogP contribution in [0.25, 0.3) is 0 Å². The molecule has 0 aliphatic heterocycles. The fraction of sp³-hybridized carbons (Fsp3) is 0.875. The van der Waals surface area contributed by atoms with Gasteiger partial charge in [-0.2, -0.15) is 0 Å². The summed E-state index contributed by atoms with van der Waals surface area (Å²) in [7, 11) is -3.55. The SMILES string of the molecule is CC(C)C(=O)N(O)CNCC(O)P(C)(=O)O. The number of carbonyl (C=O) groups excluding carboxylic acids is 1. The van der Waals surface area contributed by atoms with Crippen molar-refractivity contribution in [3.05, 3.63) is 0 Å². The number of aliphatic hydroxyl groups excluding tert-OH is 1. The maximum Gasteiger partial charge on any atom is 0.249 e. The normalized spacial score (nSPS) is 16.9. The molecule has 0 rings (SSSR count). The summed E-state index contributed by atoms with van der Waals surface area (Å²) in [5.74, 6) is -2.22. The van der Waals surface area contributed by atoms with E-state index in [1.54, 1.807) is 13.8 Å². The van der Waals surface area contributed by atoms with E-state index in [1.807, 2.05) is 0 Å². The van der Waals surface area contributed by atoms with Gasteiger partial charge in [-0.3, -0.25) is 19.9 Å². The Bertz CT molecular complexity index is 278. The number of aliphatic hydroxyl groups is 1. The Morgan fingerprint density at radius 2 is 2.00 bits per heavy atom. The summed E-state index contributed by atoms with van der Waals surface area (Å²) >= 11 is 0. The Balaban J connectivity index is 3.92. The van der Waals surface area contributed by atoms with Gasteiger partial charge in [-0.25, -0.2) is 5.06 Å². The predicted octanol–water partition coefficient (Wildman–Crippen LogP) is -0.374. The van der Waals surface area contributed by atoms with Crippen LogP contribution >= 0.6 is 7.37 Å². The molecule has 2 atom stereocenters. The molecule has 2 unspecified atom stereocenters. The number of nitrogens with zero attached hydrogens (tertiary/aromatic N) is 1. The van der Waals surface area contributed by atoms with Crippen LogP contribution in [0.3, 0.4) is 0 Å². The summed E-state index contributed by atoms with van der Waals surface area (Å²) in [5, 5.41) is 21.4. The first-order chi connectivity index (χ1) is 7.16. The second-order valence-corrected chi connectivity index (χ2v) is 6.41. The molecule has 0 saturated carbocycles. The van der Waals surface area contributed by atoms with Gasteiger partial charge in [-0.15, -0.1) is 0 Å². The number of hydrogen-bond acceptors (Lipinski definition) is 5. The molecule has 0 saturated heterocycles. The fourth-order valence-corrected chi connectivity index (χ4v) is 1.31. The van der Waals surface area contributed by atoms with E-state index < -0.39 is 19.1 Å². The van der Waals surface area contributed by atoms with Gasteiger partial charge in [0.05, 0.1) is 6.67 Å². The van der Waals surface area contributed by atoms with Gasteiger partial charge in [0.15, 0.2) is 0 Å². The van der Waals surface area contributed by atoms with E-state index in [1.165, 1.54) is 0 Å². The average Bonchev–Trinajstić information content (AvgIpc) is 2.14. The molecule has 0 radical (unpaired) electrons. The number of nitrogens with one attached hydrogen (secondary N) is 1. The minimum Gasteiger partial charge on any atom is -0.382 e. The standard InChI is InChI=1S/C8H19N2O5P/c1-6(2)8(12)10(13)5-9-4-7(11)16(3,14)15/h6-7,9,11,13H,4-5H2,1-3H3,(H,14,15). The predicted molar refractivity (Wildman–Crippen MR) is 58.1 cm³/mol. The van der Waals surface area contributed by atoms with Crippen molar-refractivity contribution in [3.63, 3.8) is 0 Å². The molecule has 0 aliphatic rings. The molecule has 1 amide bonds. The molecule has 16 heavy (non-hydrogen) atoms. The van der Waals surface area contributed by atoms with Crippen LogP contribution in [-0.4, -0.2) is 51.9 Å².